The molecule has 0 aliphatic rings. The zero-order valence-corrected chi connectivity index (χ0v) is 14.7. The van der Waals surface area contributed by atoms with Gasteiger partial charge in [-0.25, -0.2) is 13.1 Å². The number of aromatic nitrogens is 3. The van der Waals surface area contributed by atoms with Gasteiger partial charge in [-0.2, -0.15) is 5.10 Å². The Morgan fingerprint density at radius 1 is 1.17 bits per heavy atom. The van der Waals surface area contributed by atoms with Crippen molar-refractivity contribution < 1.29 is 8.42 Å². The Bertz CT molecular complexity index is 925. The van der Waals surface area contributed by atoms with E-state index in [0.717, 1.165) is 6.54 Å². The monoisotopic (exact) mass is 346 g/mol. The molecule has 128 valence electrons. The summed E-state index contributed by atoms with van der Waals surface area (Å²) in [6.07, 6.45) is 4.27. The first-order valence-corrected chi connectivity index (χ1v) is 9.54. The van der Waals surface area contributed by atoms with E-state index in [4.69, 9.17) is 0 Å². The predicted molar refractivity (Wildman–Crippen MR) is 94.4 cm³/mol. The second-order valence-electron chi connectivity index (χ2n) is 6.03. The summed E-state index contributed by atoms with van der Waals surface area (Å²) in [6.45, 7) is 4.96. The van der Waals surface area contributed by atoms with Crippen LogP contribution in [0.5, 0.6) is 0 Å². The van der Waals surface area contributed by atoms with Crippen LogP contribution in [-0.2, 0) is 16.6 Å². The highest BCUT2D eigenvalue weighted by Gasteiger charge is 2.20. The summed E-state index contributed by atoms with van der Waals surface area (Å²) >= 11 is 0. The number of rotatable bonds is 7. The largest absolute Gasteiger partial charge is 0.347 e. The molecule has 0 atom stereocenters. The highest BCUT2D eigenvalue weighted by Crippen LogP contribution is 2.16. The zero-order valence-electron chi connectivity index (χ0n) is 13.9. The fraction of sp³-hybridized carbons (Fsp3) is 0.353. The van der Waals surface area contributed by atoms with Gasteiger partial charge < -0.3 is 4.57 Å². The molecule has 0 unspecified atom stereocenters. The molecule has 7 heteroatoms. The lowest BCUT2D eigenvalue weighted by Gasteiger charge is -2.12. The van der Waals surface area contributed by atoms with Gasteiger partial charge in [-0.1, -0.05) is 18.2 Å². The van der Waals surface area contributed by atoms with Crippen molar-refractivity contribution >= 4 is 20.9 Å². The average molecular weight is 346 g/mol. The Labute approximate surface area is 142 Å². The molecule has 0 bridgehead atoms. The first-order valence-electron chi connectivity index (χ1n) is 8.06. The van der Waals surface area contributed by atoms with Gasteiger partial charge in [0, 0.05) is 30.8 Å². The van der Waals surface area contributed by atoms with Crippen LogP contribution >= 0.6 is 0 Å². The van der Waals surface area contributed by atoms with Gasteiger partial charge in [0.15, 0.2) is 5.03 Å². The summed E-state index contributed by atoms with van der Waals surface area (Å²) in [4.78, 5) is 0. The lowest BCUT2D eigenvalue weighted by Crippen LogP contribution is -2.28. The standard InChI is InChI=1S/C17H22N4O2S/c1-14(2)21-17(8-11-18-21)24(22,23)19-10-5-12-20-13-9-15-6-3-4-7-16(15)20/h3-4,6-9,11,13-14,19H,5,10,12H2,1-2H3. The van der Waals surface area contributed by atoms with Gasteiger partial charge in [0.25, 0.3) is 10.0 Å². The van der Waals surface area contributed by atoms with Crippen molar-refractivity contribution in [3.8, 4) is 0 Å². The fourth-order valence-corrected chi connectivity index (χ4v) is 4.07. The van der Waals surface area contributed by atoms with Crippen LogP contribution in [0.15, 0.2) is 53.8 Å². The molecule has 0 aliphatic heterocycles. The highest BCUT2D eigenvalue weighted by atomic mass is 32.2. The van der Waals surface area contributed by atoms with E-state index in [0.29, 0.717) is 13.0 Å². The summed E-state index contributed by atoms with van der Waals surface area (Å²) in [5.41, 5.74) is 1.17. The second-order valence-corrected chi connectivity index (χ2v) is 7.74. The van der Waals surface area contributed by atoms with Crippen molar-refractivity contribution in [2.24, 2.45) is 0 Å². The Morgan fingerprint density at radius 2 is 1.96 bits per heavy atom. The summed E-state index contributed by atoms with van der Waals surface area (Å²) in [5, 5.41) is 5.48. The van der Waals surface area contributed by atoms with Crippen LogP contribution in [0.2, 0.25) is 0 Å². The Morgan fingerprint density at radius 3 is 2.75 bits per heavy atom. The third-order valence-corrected chi connectivity index (χ3v) is 5.40. The molecule has 1 aromatic carbocycles. The number of nitrogens with one attached hydrogen (secondary N) is 1. The van der Waals surface area contributed by atoms with Gasteiger partial charge in [-0.3, -0.25) is 4.68 Å². The molecule has 1 N–H and O–H groups in total. The SMILES string of the molecule is CC(C)n1nccc1S(=O)(=O)NCCCn1ccc2ccccc21. The number of nitrogens with zero attached hydrogens (tertiary/aromatic N) is 3. The topological polar surface area (TPSA) is 68.9 Å². The van der Waals surface area contributed by atoms with Crippen LogP contribution in [0.4, 0.5) is 0 Å². The first-order chi connectivity index (χ1) is 11.5. The minimum Gasteiger partial charge on any atom is -0.347 e. The Hall–Kier alpha value is -2.12. The molecule has 2 heterocycles. The number of sulfonamides is 1. The van der Waals surface area contributed by atoms with E-state index < -0.39 is 10.0 Å². The molecule has 0 aliphatic carbocycles. The third-order valence-electron chi connectivity index (χ3n) is 3.95. The van der Waals surface area contributed by atoms with Crippen LogP contribution in [0.25, 0.3) is 10.9 Å². The van der Waals surface area contributed by atoms with E-state index in [2.05, 4.69) is 32.6 Å². The van der Waals surface area contributed by atoms with E-state index in [1.165, 1.54) is 27.8 Å². The molecular formula is C17H22N4O2S. The minimum atomic E-state index is -3.53. The lowest BCUT2D eigenvalue weighted by atomic mass is 10.2. The highest BCUT2D eigenvalue weighted by molar-refractivity contribution is 7.89. The van der Waals surface area contributed by atoms with Crippen molar-refractivity contribution in [2.75, 3.05) is 6.54 Å². The van der Waals surface area contributed by atoms with Crippen molar-refractivity contribution in [1.82, 2.24) is 19.1 Å². The number of para-hydroxylation sites is 1. The Balaban J connectivity index is 1.61. The van der Waals surface area contributed by atoms with Crippen LogP contribution in [0.3, 0.4) is 0 Å². The maximum absolute atomic E-state index is 12.4. The smallest absolute Gasteiger partial charge is 0.257 e. The molecule has 0 saturated heterocycles. The normalized spacial score (nSPS) is 12.3. The van der Waals surface area contributed by atoms with Crippen LogP contribution in [0, 0.1) is 0 Å². The van der Waals surface area contributed by atoms with Crippen LogP contribution in [-0.4, -0.2) is 29.3 Å². The van der Waals surface area contributed by atoms with Crippen LogP contribution in [0.1, 0.15) is 26.3 Å². The molecule has 6 nitrogen and oxygen atoms in total. The fourth-order valence-electron chi connectivity index (χ4n) is 2.77. The van der Waals surface area contributed by atoms with Gasteiger partial charge in [0.05, 0.1) is 6.20 Å². The molecular weight excluding hydrogens is 324 g/mol. The average Bonchev–Trinajstić information content (AvgIpc) is 3.19. The van der Waals surface area contributed by atoms with Gasteiger partial charge in [-0.05, 0) is 43.9 Å². The maximum Gasteiger partial charge on any atom is 0.257 e. The van der Waals surface area contributed by atoms with Crippen molar-refractivity contribution in [2.45, 2.75) is 37.9 Å². The molecule has 0 fully saturated rings. The summed E-state index contributed by atoms with van der Waals surface area (Å²) in [7, 11) is -3.53. The zero-order chi connectivity index (χ0) is 17.2. The molecule has 0 amide bonds. The predicted octanol–water partition coefficient (Wildman–Crippen LogP) is 2.79. The van der Waals surface area contributed by atoms with E-state index in [1.807, 2.05) is 32.2 Å². The van der Waals surface area contributed by atoms with E-state index >= 15 is 0 Å². The number of aryl methyl sites for hydroxylation is 1. The number of hydrogen-bond acceptors (Lipinski definition) is 3. The van der Waals surface area contributed by atoms with E-state index in [-0.39, 0.29) is 11.1 Å². The van der Waals surface area contributed by atoms with Crippen molar-refractivity contribution in [3.05, 3.63) is 48.8 Å². The molecule has 0 saturated carbocycles. The van der Waals surface area contributed by atoms with Gasteiger partial charge in [0.2, 0.25) is 0 Å². The lowest BCUT2D eigenvalue weighted by molar-refractivity contribution is 0.475. The summed E-state index contributed by atoms with van der Waals surface area (Å²) in [5.74, 6) is 0. The summed E-state index contributed by atoms with van der Waals surface area (Å²) in [6, 6.07) is 11.8. The van der Waals surface area contributed by atoms with Crippen molar-refractivity contribution in [1.29, 1.82) is 0 Å². The molecule has 2 aromatic heterocycles. The molecule has 0 spiro atoms. The van der Waals surface area contributed by atoms with E-state index in [9.17, 15) is 8.42 Å². The molecule has 24 heavy (non-hydrogen) atoms. The quantitative estimate of drug-likeness (QED) is 0.669. The third kappa shape index (κ3) is 3.37. The van der Waals surface area contributed by atoms with Gasteiger partial charge >= 0.3 is 0 Å². The summed E-state index contributed by atoms with van der Waals surface area (Å²) < 4.78 is 31.1. The first kappa shape index (κ1) is 16.7. The number of benzene rings is 1. The van der Waals surface area contributed by atoms with E-state index in [1.54, 1.807) is 0 Å². The van der Waals surface area contributed by atoms with Gasteiger partial charge in [-0.15, -0.1) is 0 Å². The maximum atomic E-state index is 12.4. The number of fused-ring (bicyclic) bond motifs is 1. The molecule has 0 radical (unpaired) electrons. The number of hydrogen-bond donors (Lipinski definition) is 1. The minimum absolute atomic E-state index is 0.00202. The van der Waals surface area contributed by atoms with Crippen molar-refractivity contribution in [3.63, 3.8) is 0 Å². The molecule has 3 aromatic rings. The van der Waals surface area contributed by atoms with Crippen LogP contribution < -0.4 is 4.72 Å². The molecule has 3 rings (SSSR count). The second kappa shape index (κ2) is 6.78. The van der Waals surface area contributed by atoms with Gasteiger partial charge in [0.1, 0.15) is 0 Å². The Kier molecular flexibility index (Phi) is 4.73.